The third kappa shape index (κ3) is 5.50. The summed E-state index contributed by atoms with van der Waals surface area (Å²) < 4.78 is 7.55. The second-order valence-corrected chi connectivity index (χ2v) is 9.50. The first-order chi connectivity index (χ1) is 14.3. The van der Waals surface area contributed by atoms with Crippen LogP contribution >= 0.6 is 12.6 Å². The van der Waals surface area contributed by atoms with Crippen LogP contribution in [0.15, 0.2) is 34.0 Å². The highest BCUT2D eigenvalue weighted by molar-refractivity contribution is 7.81. The Morgan fingerprint density at radius 2 is 1.90 bits per heavy atom. The van der Waals surface area contributed by atoms with Crippen LogP contribution in [0.25, 0.3) is 0 Å². The first-order valence-electron chi connectivity index (χ1n) is 9.86. The fourth-order valence-corrected chi connectivity index (χ4v) is 2.66. The molecule has 0 aliphatic rings. The van der Waals surface area contributed by atoms with Crippen molar-refractivity contribution in [3.8, 4) is 0 Å². The molecule has 1 heterocycles. The molecule has 8 nitrogen and oxygen atoms in total. The molecule has 1 aromatic heterocycles. The van der Waals surface area contributed by atoms with Crippen LogP contribution in [-0.4, -0.2) is 44.6 Å². The SMILES string of the molecule is Cc1c([B]OC(C)(C)C(C)(C)S)cccc1NC(=O)c1cn(CCO)c(=O)n(C)c1=O. The van der Waals surface area contributed by atoms with Crippen LogP contribution in [0.3, 0.4) is 0 Å². The van der Waals surface area contributed by atoms with Crippen LogP contribution < -0.4 is 22.0 Å². The zero-order valence-electron chi connectivity index (χ0n) is 18.7. The van der Waals surface area contributed by atoms with Gasteiger partial charge in [-0.1, -0.05) is 12.1 Å². The molecule has 1 amide bonds. The minimum Gasteiger partial charge on any atom is -0.428 e. The topological polar surface area (TPSA) is 103 Å². The summed E-state index contributed by atoms with van der Waals surface area (Å²) in [6, 6.07) is 5.33. The van der Waals surface area contributed by atoms with Crippen molar-refractivity contribution >= 4 is 37.2 Å². The Morgan fingerprint density at radius 1 is 1.26 bits per heavy atom. The van der Waals surface area contributed by atoms with E-state index in [9.17, 15) is 14.4 Å². The van der Waals surface area contributed by atoms with Crippen LogP contribution in [0.4, 0.5) is 5.69 Å². The molecule has 0 unspecified atom stereocenters. The second kappa shape index (κ2) is 9.46. The lowest BCUT2D eigenvalue weighted by molar-refractivity contribution is 0.0854. The van der Waals surface area contributed by atoms with Gasteiger partial charge in [0.2, 0.25) is 0 Å². The zero-order chi connectivity index (χ0) is 23.6. The predicted octanol–water partition coefficient (Wildman–Crippen LogP) is 0.848. The van der Waals surface area contributed by atoms with Crippen LogP contribution in [-0.2, 0) is 18.2 Å². The average molecular weight is 446 g/mol. The highest BCUT2D eigenvalue weighted by Gasteiger charge is 2.34. The fourth-order valence-electron chi connectivity index (χ4n) is 2.61. The molecule has 31 heavy (non-hydrogen) atoms. The lowest BCUT2D eigenvalue weighted by Gasteiger charge is -2.38. The highest BCUT2D eigenvalue weighted by atomic mass is 32.1. The molecule has 0 fully saturated rings. The molecule has 0 atom stereocenters. The number of amides is 1. The summed E-state index contributed by atoms with van der Waals surface area (Å²) in [5.41, 5.74) is -0.0287. The average Bonchev–Trinajstić information content (AvgIpc) is 2.68. The molecule has 2 aromatic rings. The predicted molar refractivity (Wildman–Crippen MR) is 126 cm³/mol. The fraction of sp³-hybridized carbons (Fsp3) is 0.476. The molecule has 2 N–H and O–H groups in total. The molecule has 0 spiro atoms. The van der Waals surface area contributed by atoms with Crippen molar-refractivity contribution in [2.45, 2.75) is 51.5 Å². The van der Waals surface area contributed by atoms with E-state index in [2.05, 4.69) is 17.9 Å². The number of carbonyl (C=O) groups is 1. The van der Waals surface area contributed by atoms with Gasteiger partial charge in [0, 0.05) is 23.7 Å². The molecule has 1 aromatic carbocycles. The molecule has 10 heteroatoms. The normalized spacial score (nSPS) is 12.0. The number of thiol groups is 1. The number of hydrogen-bond donors (Lipinski definition) is 3. The summed E-state index contributed by atoms with van der Waals surface area (Å²) >= 11 is 4.59. The molecular formula is C21H29BN3O5S. The first kappa shape index (κ1) is 25.0. The molecule has 0 saturated carbocycles. The van der Waals surface area contributed by atoms with Crippen LogP contribution in [0, 0.1) is 6.92 Å². The van der Waals surface area contributed by atoms with Crippen molar-refractivity contribution in [2.75, 3.05) is 11.9 Å². The minimum atomic E-state index is -0.710. The van der Waals surface area contributed by atoms with E-state index in [1.54, 1.807) is 19.6 Å². The van der Waals surface area contributed by atoms with E-state index >= 15 is 0 Å². The number of carbonyl (C=O) groups excluding carboxylic acids is 1. The third-order valence-corrected chi connectivity index (χ3v) is 6.05. The second-order valence-electron chi connectivity index (χ2n) is 8.39. The Morgan fingerprint density at radius 3 is 2.48 bits per heavy atom. The zero-order valence-corrected chi connectivity index (χ0v) is 19.6. The van der Waals surface area contributed by atoms with Gasteiger partial charge in [0.1, 0.15) is 5.56 Å². The minimum absolute atomic E-state index is 0.0225. The van der Waals surface area contributed by atoms with E-state index < -0.39 is 22.8 Å². The lowest BCUT2D eigenvalue weighted by Crippen LogP contribution is -2.46. The Labute approximate surface area is 187 Å². The molecule has 2 rings (SSSR count). The van der Waals surface area contributed by atoms with E-state index in [1.807, 2.05) is 40.7 Å². The van der Waals surface area contributed by atoms with Gasteiger partial charge in [0.25, 0.3) is 11.5 Å². The largest absolute Gasteiger partial charge is 0.428 e. The van der Waals surface area contributed by atoms with Gasteiger partial charge in [0.15, 0.2) is 0 Å². The maximum absolute atomic E-state index is 12.8. The van der Waals surface area contributed by atoms with Gasteiger partial charge < -0.3 is 15.1 Å². The molecule has 1 radical (unpaired) electrons. The van der Waals surface area contributed by atoms with Gasteiger partial charge in [-0.2, -0.15) is 12.6 Å². The Bertz CT molecular complexity index is 1090. The first-order valence-corrected chi connectivity index (χ1v) is 10.3. The van der Waals surface area contributed by atoms with Crippen molar-refractivity contribution in [1.82, 2.24) is 9.13 Å². The van der Waals surface area contributed by atoms with E-state index in [4.69, 9.17) is 9.76 Å². The van der Waals surface area contributed by atoms with Gasteiger partial charge in [0.05, 0.1) is 18.8 Å². The maximum atomic E-state index is 12.8. The number of hydrogen-bond acceptors (Lipinski definition) is 6. The number of anilines is 1. The number of aliphatic hydroxyl groups is 1. The van der Waals surface area contributed by atoms with Crippen LogP contribution in [0.1, 0.15) is 43.6 Å². The van der Waals surface area contributed by atoms with E-state index in [1.165, 1.54) is 13.2 Å². The van der Waals surface area contributed by atoms with Gasteiger partial charge in [-0.05, 0) is 51.7 Å². The molecule has 0 aliphatic carbocycles. The number of aromatic nitrogens is 2. The lowest BCUT2D eigenvalue weighted by atomic mass is 9.81. The van der Waals surface area contributed by atoms with E-state index in [0.717, 1.165) is 20.2 Å². The van der Waals surface area contributed by atoms with Gasteiger partial charge in [-0.15, -0.1) is 0 Å². The maximum Gasteiger partial charge on any atom is 0.331 e. The summed E-state index contributed by atoms with van der Waals surface area (Å²) in [6.45, 7) is 9.31. The van der Waals surface area contributed by atoms with E-state index in [-0.39, 0.29) is 23.5 Å². The number of benzene rings is 1. The van der Waals surface area contributed by atoms with Crippen LogP contribution in [0.2, 0.25) is 0 Å². The van der Waals surface area contributed by atoms with Crippen molar-refractivity contribution in [3.05, 3.63) is 56.4 Å². The van der Waals surface area contributed by atoms with Crippen molar-refractivity contribution in [3.63, 3.8) is 0 Å². The summed E-state index contributed by atoms with van der Waals surface area (Å²) in [7, 11) is 2.92. The monoisotopic (exact) mass is 446 g/mol. The molecule has 0 saturated heterocycles. The number of nitrogens with zero attached hydrogens (tertiary/aromatic N) is 2. The molecular weight excluding hydrogens is 417 g/mol. The van der Waals surface area contributed by atoms with Crippen LogP contribution in [0.5, 0.6) is 0 Å². The third-order valence-electron chi connectivity index (χ3n) is 5.52. The quantitative estimate of drug-likeness (QED) is 0.412. The summed E-state index contributed by atoms with van der Waals surface area (Å²) in [6.07, 6.45) is 1.17. The molecule has 167 valence electrons. The molecule has 0 bridgehead atoms. The number of rotatable bonds is 8. The highest BCUT2D eigenvalue weighted by Crippen LogP contribution is 2.30. The summed E-state index contributed by atoms with van der Waals surface area (Å²) in [5.74, 6) is -0.648. The van der Waals surface area contributed by atoms with Crippen molar-refractivity contribution in [2.24, 2.45) is 7.05 Å². The number of aliphatic hydroxyl groups excluding tert-OH is 1. The summed E-state index contributed by atoms with van der Waals surface area (Å²) in [4.78, 5) is 37.3. The Kier molecular flexibility index (Phi) is 7.62. The smallest absolute Gasteiger partial charge is 0.331 e. The van der Waals surface area contributed by atoms with Gasteiger partial charge in [-0.25, -0.2) is 4.79 Å². The van der Waals surface area contributed by atoms with Gasteiger partial charge >= 0.3 is 13.2 Å². The van der Waals surface area contributed by atoms with Gasteiger partial charge in [-0.3, -0.25) is 18.7 Å². The molecule has 0 aliphatic heterocycles. The van der Waals surface area contributed by atoms with Crippen molar-refractivity contribution < 1.29 is 14.6 Å². The Balaban J connectivity index is 2.31. The standard InChI is InChI=1S/C21H29BN3O5S/c1-13-15(22-30-20(2,3)21(4,5)31)8-7-9-16(13)23-17(27)14-12-25(10-11-26)19(29)24(6)18(14)28/h7-9,12,26,31H,10-11H2,1-6H3,(H,23,27). The summed E-state index contributed by atoms with van der Waals surface area (Å²) in [5, 5.41) is 11.9. The van der Waals surface area contributed by atoms with Crippen molar-refractivity contribution in [1.29, 1.82) is 0 Å². The van der Waals surface area contributed by atoms with E-state index in [0.29, 0.717) is 5.69 Å². The Hall–Kier alpha value is -2.30. The number of nitrogens with one attached hydrogen (secondary N) is 1.